The van der Waals surface area contributed by atoms with E-state index in [9.17, 15) is 25.1 Å². The van der Waals surface area contributed by atoms with Crippen LogP contribution in [0, 0.1) is 10.1 Å². The van der Waals surface area contributed by atoms with Crippen molar-refractivity contribution in [2.24, 2.45) is 0 Å². The Morgan fingerprint density at radius 1 is 1.50 bits per heavy atom. The van der Waals surface area contributed by atoms with Gasteiger partial charge in [-0.1, -0.05) is 23.4 Å². The molecule has 0 saturated carbocycles. The molecule has 1 rings (SSSR count). The predicted octanol–water partition coefficient (Wildman–Crippen LogP) is 2.31. The molecule has 0 spiro atoms. The van der Waals surface area contributed by atoms with Crippen LogP contribution in [-0.2, 0) is 4.79 Å². The van der Waals surface area contributed by atoms with Crippen molar-refractivity contribution in [1.29, 1.82) is 0 Å². The van der Waals surface area contributed by atoms with Gasteiger partial charge in [0.05, 0.1) is 16.6 Å². The molecule has 6 nitrogen and oxygen atoms in total. The zero-order valence-electron chi connectivity index (χ0n) is 10.7. The molecule has 110 valence electrons. The number of hydrogen-bond acceptors (Lipinski definition) is 6. The smallest absolute Gasteiger partial charge is 0.276 e. The molecular weight excluding hydrogens is 306 g/mol. The Bertz CT molecular complexity index is 511. The van der Waals surface area contributed by atoms with Crippen LogP contribution in [0.2, 0.25) is 5.02 Å². The summed E-state index contributed by atoms with van der Waals surface area (Å²) in [5.41, 5.74) is -0.344. The molecule has 0 fully saturated rings. The number of carbonyl (C=O) groups excluding carboxylic acids is 1. The van der Waals surface area contributed by atoms with Crippen molar-refractivity contribution in [3.05, 3.63) is 38.9 Å². The highest BCUT2D eigenvalue weighted by Gasteiger charge is 2.26. The molecule has 0 saturated heterocycles. The number of nitrogens with zero attached hydrogens (tertiary/aromatic N) is 1. The third-order valence-electron chi connectivity index (χ3n) is 2.59. The minimum absolute atomic E-state index is 0.000255. The maximum Gasteiger partial charge on any atom is 0.276 e. The number of nitro benzene ring substituents is 1. The van der Waals surface area contributed by atoms with Crippen molar-refractivity contribution < 1.29 is 19.9 Å². The Morgan fingerprint density at radius 3 is 2.70 bits per heavy atom. The highest BCUT2D eigenvalue weighted by molar-refractivity contribution is 8.13. The van der Waals surface area contributed by atoms with Crippen molar-refractivity contribution >= 4 is 34.2 Å². The minimum atomic E-state index is -1.40. The van der Waals surface area contributed by atoms with E-state index in [2.05, 4.69) is 0 Å². The van der Waals surface area contributed by atoms with Crippen LogP contribution in [0.3, 0.4) is 0 Å². The fraction of sp³-hybridized carbons (Fsp3) is 0.417. The third kappa shape index (κ3) is 4.75. The summed E-state index contributed by atoms with van der Waals surface area (Å²) in [6, 6.07) is 3.84. The lowest BCUT2D eigenvalue weighted by atomic mass is 10.0. The number of thioether (sulfide) groups is 1. The normalized spacial score (nSPS) is 13.8. The maximum absolute atomic E-state index is 10.9. The number of nitro groups is 1. The Hall–Kier alpha value is -1.15. The van der Waals surface area contributed by atoms with Gasteiger partial charge in [-0.05, 0) is 18.6 Å². The van der Waals surface area contributed by atoms with Crippen molar-refractivity contribution in [1.82, 2.24) is 0 Å². The van der Waals surface area contributed by atoms with E-state index in [0.717, 1.165) is 17.8 Å². The first-order valence-corrected chi connectivity index (χ1v) is 7.12. The van der Waals surface area contributed by atoms with Gasteiger partial charge in [-0.25, -0.2) is 0 Å². The predicted molar refractivity (Wildman–Crippen MR) is 76.8 cm³/mol. The molecule has 2 atom stereocenters. The van der Waals surface area contributed by atoms with Gasteiger partial charge in [-0.3, -0.25) is 14.9 Å². The summed E-state index contributed by atoms with van der Waals surface area (Å²) in [5, 5.41) is 30.8. The summed E-state index contributed by atoms with van der Waals surface area (Å²) in [4.78, 5) is 21.0. The molecule has 0 bridgehead atoms. The van der Waals surface area contributed by atoms with Crippen LogP contribution in [0.4, 0.5) is 5.69 Å². The lowest BCUT2D eigenvalue weighted by Crippen LogP contribution is -2.20. The van der Waals surface area contributed by atoms with Crippen LogP contribution in [0.25, 0.3) is 0 Å². The van der Waals surface area contributed by atoms with E-state index in [4.69, 9.17) is 11.6 Å². The van der Waals surface area contributed by atoms with Gasteiger partial charge in [0.1, 0.15) is 6.10 Å². The first kappa shape index (κ1) is 16.9. The highest BCUT2D eigenvalue weighted by Crippen LogP contribution is 2.31. The van der Waals surface area contributed by atoms with Gasteiger partial charge in [0.25, 0.3) is 5.69 Å². The van der Waals surface area contributed by atoms with E-state index in [1.165, 1.54) is 19.1 Å². The molecule has 2 unspecified atom stereocenters. The SMILES string of the molecule is CC(=O)SCCC(O)C(O)c1ccc(Cl)cc1[N+](=O)[O-]. The molecule has 0 aromatic heterocycles. The van der Waals surface area contributed by atoms with Gasteiger partial charge in [-0.2, -0.15) is 0 Å². The zero-order valence-corrected chi connectivity index (χ0v) is 12.2. The summed E-state index contributed by atoms with van der Waals surface area (Å²) < 4.78 is 0. The van der Waals surface area contributed by atoms with Crippen molar-refractivity contribution in [2.45, 2.75) is 25.6 Å². The van der Waals surface area contributed by atoms with Crippen molar-refractivity contribution in [3.8, 4) is 0 Å². The molecule has 1 aromatic rings. The van der Waals surface area contributed by atoms with Crippen LogP contribution in [0.5, 0.6) is 0 Å². The molecule has 1 aromatic carbocycles. The molecular formula is C12H14ClNO5S. The van der Waals surface area contributed by atoms with Crippen LogP contribution in [-0.4, -0.2) is 32.1 Å². The van der Waals surface area contributed by atoms with Crippen LogP contribution < -0.4 is 0 Å². The second-order valence-corrected chi connectivity index (χ2v) is 5.81. The number of aliphatic hydroxyl groups is 2. The van der Waals surface area contributed by atoms with E-state index in [1.54, 1.807) is 0 Å². The Balaban J connectivity index is 2.83. The average molecular weight is 320 g/mol. The second-order valence-electron chi connectivity index (χ2n) is 4.10. The monoisotopic (exact) mass is 319 g/mol. The van der Waals surface area contributed by atoms with E-state index in [0.29, 0.717) is 5.75 Å². The van der Waals surface area contributed by atoms with Gasteiger partial charge >= 0.3 is 0 Å². The summed E-state index contributed by atoms with van der Waals surface area (Å²) in [7, 11) is 0. The average Bonchev–Trinajstić information content (AvgIpc) is 2.37. The molecule has 8 heteroatoms. The lowest BCUT2D eigenvalue weighted by Gasteiger charge is -2.17. The standard InChI is InChI=1S/C12H14ClNO5S/c1-7(15)20-5-4-11(16)12(17)9-3-2-8(13)6-10(9)14(18)19/h2-3,6,11-12,16-17H,4-5H2,1H3. The molecule has 0 radical (unpaired) electrons. The molecule has 0 amide bonds. The number of carbonyl (C=O) groups is 1. The largest absolute Gasteiger partial charge is 0.390 e. The molecule has 0 aliphatic carbocycles. The lowest BCUT2D eigenvalue weighted by molar-refractivity contribution is -0.386. The van der Waals surface area contributed by atoms with Crippen molar-refractivity contribution in [3.63, 3.8) is 0 Å². The second kappa shape index (κ2) is 7.58. The summed E-state index contributed by atoms with van der Waals surface area (Å²) in [5.74, 6) is 0.328. The van der Waals surface area contributed by atoms with Crippen LogP contribution in [0.15, 0.2) is 18.2 Å². The van der Waals surface area contributed by atoms with E-state index in [1.807, 2.05) is 0 Å². The Kier molecular flexibility index (Phi) is 6.41. The quantitative estimate of drug-likeness (QED) is 0.616. The topological polar surface area (TPSA) is 101 Å². The summed E-state index contributed by atoms with van der Waals surface area (Å²) >= 11 is 6.69. The van der Waals surface area contributed by atoms with Crippen LogP contribution >= 0.6 is 23.4 Å². The van der Waals surface area contributed by atoms with Crippen LogP contribution in [0.1, 0.15) is 25.0 Å². The number of rotatable bonds is 6. The van der Waals surface area contributed by atoms with E-state index in [-0.39, 0.29) is 27.8 Å². The highest BCUT2D eigenvalue weighted by atomic mass is 35.5. The molecule has 0 heterocycles. The van der Waals surface area contributed by atoms with Gasteiger partial charge < -0.3 is 10.2 Å². The summed E-state index contributed by atoms with van der Waals surface area (Å²) in [6.45, 7) is 1.40. The fourth-order valence-corrected chi connectivity index (χ4v) is 2.43. The Morgan fingerprint density at radius 2 is 2.15 bits per heavy atom. The van der Waals surface area contributed by atoms with E-state index >= 15 is 0 Å². The zero-order chi connectivity index (χ0) is 15.3. The van der Waals surface area contributed by atoms with E-state index < -0.39 is 17.1 Å². The van der Waals surface area contributed by atoms with Gasteiger partial charge in [-0.15, -0.1) is 0 Å². The number of aliphatic hydroxyl groups excluding tert-OH is 2. The fourth-order valence-electron chi connectivity index (χ4n) is 1.61. The minimum Gasteiger partial charge on any atom is -0.390 e. The van der Waals surface area contributed by atoms with Gasteiger partial charge in [0, 0.05) is 23.8 Å². The molecule has 20 heavy (non-hydrogen) atoms. The van der Waals surface area contributed by atoms with Crippen molar-refractivity contribution in [2.75, 3.05) is 5.75 Å². The Labute approximate surface area is 124 Å². The molecule has 2 N–H and O–H groups in total. The summed E-state index contributed by atoms with van der Waals surface area (Å²) in [6.07, 6.45) is -2.45. The number of hydrogen-bond donors (Lipinski definition) is 2. The first-order chi connectivity index (χ1) is 9.32. The number of halogens is 1. The molecule has 0 aliphatic rings. The number of benzene rings is 1. The first-order valence-electron chi connectivity index (χ1n) is 5.76. The maximum atomic E-state index is 10.9. The third-order valence-corrected chi connectivity index (χ3v) is 3.67. The van der Waals surface area contributed by atoms with Gasteiger partial charge in [0.15, 0.2) is 5.12 Å². The molecule has 0 aliphatic heterocycles. The van der Waals surface area contributed by atoms with Gasteiger partial charge in [0.2, 0.25) is 0 Å².